The van der Waals surface area contributed by atoms with Crippen molar-refractivity contribution < 1.29 is 28.7 Å². The summed E-state index contributed by atoms with van der Waals surface area (Å²) >= 11 is 0. The standard InChI is InChI=1S/C10H23NO6P2.H3N/c12-18(13,14)9-5-6-10(19(15,16)17)11-7-3-1-2-4-8-11;/h10H,1-9H2,(H2,12,13,14)(H2,15,16,17);1H3. The maximum absolute atomic E-state index is 11.6. The van der Waals surface area contributed by atoms with E-state index in [0.717, 1.165) is 25.7 Å². The number of likely N-dealkylation sites (tertiary alicyclic amines) is 1. The highest BCUT2D eigenvalue weighted by Gasteiger charge is 2.34. The van der Waals surface area contributed by atoms with E-state index in [1.807, 2.05) is 0 Å². The van der Waals surface area contributed by atoms with Crippen LogP contribution in [0.25, 0.3) is 0 Å². The fourth-order valence-corrected chi connectivity index (χ4v) is 4.21. The van der Waals surface area contributed by atoms with E-state index < -0.39 is 21.0 Å². The average Bonchev–Trinajstić information content (AvgIpc) is 2.49. The van der Waals surface area contributed by atoms with E-state index in [9.17, 15) is 18.9 Å². The summed E-state index contributed by atoms with van der Waals surface area (Å²) < 4.78 is 22.3. The van der Waals surface area contributed by atoms with Gasteiger partial charge >= 0.3 is 15.2 Å². The third kappa shape index (κ3) is 7.86. The van der Waals surface area contributed by atoms with Crippen molar-refractivity contribution in [3.05, 3.63) is 0 Å². The van der Waals surface area contributed by atoms with Gasteiger partial charge in [0.15, 0.2) is 0 Å². The monoisotopic (exact) mass is 332 g/mol. The molecule has 7 N–H and O–H groups in total. The molecule has 0 spiro atoms. The Hall–Kier alpha value is 0.220. The topological polar surface area (TPSA) is 153 Å². The smallest absolute Gasteiger partial charge is 0.342 e. The molecule has 20 heavy (non-hydrogen) atoms. The predicted octanol–water partition coefficient (Wildman–Crippen LogP) is 1.49. The quantitative estimate of drug-likeness (QED) is 0.458. The molecule has 1 atom stereocenters. The maximum atomic E-state index is 11.6. The molecule has 0 amide bonds. The van der Waals surface area contributed by atoms with E-state index in [1.54, 1.807) is 4.90 Å². The molecule has 1 aliphatic heterocycles. The predicted molar refractivity (Wildman–Crippen MR) is 77.0 cm³/mol. The Kier molecular flexibility index (Phi) is 8.71. The first kappa shape index (κ1) is 20.2. The van der Waals surface area contributed by atoms with Crippen molar-refractivity contribution >= 4 is 15.2 Å². The lowest BCUT2D eigenvalue weighted by molar-refractivity contribution is 0.210. The average molecular weight is 332 g/mol. The van der Waals surface area contributed by atoms with Gasteiger partial charge in [-0.15, -0.1) is 0 Å². The lowest BCUT2D eigenvalue weighted by Gasteiger charge is -2.31. The van der Waals surface area contributed by atoms with E-state index in [1.165, 1.54) is 0 Å². The van der Waals surface area contributed by atoms with Gasteiger partial charge in [0.25, 0.3) is 0 Å². The Morgan fingerprint density at radius 3 is 1.85 bits per heavy atom. The van der Waals surface area contributed by atoms with E-state index in [-0.39, 0.29) is 25.2 Å². The zero-order chi connectivity index (χ0) is 14.5. The van der Waals surface area contributed by atoms with Crippen molar-refractivity contribution in [1.29, 1.82) is 0 Å². The van der Waals surface area contributed by atoms with Crippen molar-refractivity contribution in [2.75, 3.05) is 19.3 Å². The zero-order valence-corrected chi connectivity index (χ0v) is 13.4. The van der Waals surface area contributed by atoms with Gasteiger partial charge in [0.1, 0.15) is 5.78 Å². The van der Waals surface area contributed by atoms with Crippen LogP contribution in [0, 0.1) is 0 Å². The third-order valence-corrected chi connectivity index (χ3v) is 5.62. The Morgan fingerprint density at radius 2 is 1.45 bits per heavy atom. The Labute approximate surface area is 119 Å². The molecule has 0 aromatic carbocycles. The molecule has 1 heterocycles. The lowest BCUT2D eigenvalue weighted by Crippen LogP contribution is -2.36. The maximum Gasteiger partial charge on any atom is 0.342 e. The summed E-state index contributed by atoms with van der Waals surface area (Å²) in [5, 5.41) is 0. The van der Waals surface area contributed by atoms with Gasteiger partial charge in [-0.05, 0) is 38.8 Å². The first-order valence-corrected chi connectivity index (χ1v) is 10.0. The normalized spacial score (nSPS) is 20.0. The molecule has 1 rings (SSSR count). The van der Waals surface area contributed by atoms with Gasteiger partial charge in [0, 0.05) is 6.16 Å². The fourth-order valence-electron chi connectivity index (χ4n) is 2.44. The molecule has 1 saturated heterocycles. The van der Waals surface area contributed by atoms with Gasteiger partial charge in [-0.1, -0.05) is 12.8 Å². The summed E-state index contributed by atoms with van der Waals surface area (Å²) in [6, 6.07) is 0. The zero-order valence-electron chi connectivity index (χ0n) is 11.6. The Morgan fingerprint density at radius 1 is 0.950 bits per heavy atom. The summed E-state index contributed by atoms with van der Waals surface area (Å²) in [7, 11) is -8.37. The van der Waals surface area contributed by atoms with Crippen LogP contribution < -0.4 is 6.15 Å². The van der Waals surface area contributed by atoms with Crippen molar-refractivity contribution in [3.8, 4) is 0 Å². The van der Waals surface area contributed by atoms with Crippen molar-refractivity contribution in [2.45, 2.75) is 44.3 Å². The lowest BCUT2D eigenvalue weighted by atomic mass is 10.2. The van der Waals surface area contributed by atoms with Crippen LogP contribution in [0.4, 0.5) is 0 Å². The largest absolute Gasteiger partial charge is 0.344 e. The number of hydrogen-bond acceptors (Lipinski definition) is 4. The molecule has 0 radical (unpaired) electrons. The molecule has 0 bridgehead atoms. The van der Waals surface area contributed by atoms with Crippen molar-refractivity contribution in [1.82, 2.24) is 11.1 Å². The first-order valence-electron chi connectivity index (χ1n) is 6.54. The summed E-state index contributed by atoms with van der Waals surface area (Å²) in [6.45, 7) is 1.29. The second-order valence-corrected chi connectivity index (χ2v) is 8.60. The molecule has 1 aliphatic rings. The highest BCUT2D eigenvalue weighted by Crippen LogP contribution is 2.47. The molecule has 1 unspecified atom stereocenters. The Bertz CT molecular complexity index is 361. The highest BCUT2D eigenvalue weighted by molar-refractivity contribution is 7.52. The van der Waals surface area contributed by atoms with E-state index in [2.05, 4.69) is 0 Å². The molecule has 8 nitrogen and oxygen atoms in total. The third-order valence-electron chi connectivity index (χ3n) is 3.36. The highest BCUT2D eigenvalue weighted by atomic mass is 31.2. The van der Waals surface area contributed by atoms with E-state index >= 15 is 0 Å². The van der Waals surface area contributed by atoms with Gasteiger partial charge in [-0.2, -0.15) is 0 Å². The molecule has 0 aliphatic carbocycles. The van der Waals surface area contributed by atoms with E-state index in [0.29, 0.717) is 13.1 Å². The summed E-state index contributed by atoms with van der Waals surface area (Å²) in [5.41, 5.74) is 0. The van der Waals surface area contributed by atoms with Crippen LogP contribution in [0.2, 0.25) is 0 Å². The minimum absolute atomic E-state index is 0. The molecular formula is C10H26N2O6P2. The van der Waals surface area contributed by atoms with Crippen LogP contribution >= 0.6 is 15.2 Å². The van der Waals surface area contributed by atoms with Gasteiger partial charge < -0.3 is 25.7 Å². The second kappa shape index (κ2) is 8.61. The minimum atomic E-state index is -4.27. The molecule has 0 aromatic rings. The summed E-state index contributed by atoms with van der Waals surface area (Å²) in [4.78, 5) is 38.2. The van der Waals surface area contributed by atoms with Crippen LogP contribution in [0.5, 0.6) is 0 Å². The Balaban J connectivity index is 0.00000361. The van der Waals surface area contributed by atoms with Crippen LogP contribution in [0.3, 0.4) is 0 Å². The molecule has 0 aromatic heterocycles. The number of hydrogen-bond donors (Lipinski definition) is 5. The molecule has 1 fully saturated rings. The van der Waals surface area contributed by atoms with Crippen molar-refractivity contribution in [3.63, 3.8) is 0 Å². The number of rotatable bonds is 6. The number of nitrogens with zero attached hydrogens (tertiary/aromatic N) is 1. The van der Waals surface area contributed by atoms with Crippen LogP contribution in [-0.2, 0) is 9.13 Å². The van der Waals surface area contributed by atoms with Gasteiger partial charge in [-0.25, -0.2) is 0 Å². The van der Waals surface area contributed by atoms with Crippen LogP contribution in [0.1, 0.15) is 38.5 Å². The fraction of sp³-hybridized carbons (Fsp3) is 1.00. The second-order valence-electron chi connectivity index (χ2n) is 5.05. The van der Waals surface area contributed by atoms with Crippen LogP contribution in [0.15, 0.2) is 0 Å². The van der Waals surface area contributed by atoms with E-state index in [4.69, 9.17) is 9.79 Å². The summed E-state index contributed by atoms with van der Waals surface area (Å²) in [5.74, 6) is -0.905. The molecule has 10 heteroatoms. The SMILES string of the molecule is N.O=P(O)(O)CCCC(N1CCCCCC1)P(=O)(O)O. The molecule has 0 saturated carbocycles. The molecule has 122 valence electrons. The van der Waals surface area contributed by atoms with Crippen LogP contribution in [-0.4, -0.2) is 49.5 Å². The first-order chi connectivity index (χ1) is 8.70. The van der Waals surface area contributed by atoms with Gasteiger partial charge in [0.05, 0.1) is 0 Å². The van der Waals surface area contributed by atoms with Crippen molar-refractivity contribution in [2.24, 2.45) is 0 Å². The van der Waals surface area contributed by atoms with Gasteiger partial charge in [-0.3, -0.25) is 14.0 Å². The molecular weight excluding hydrogens is 306 g/mol. The van der Waals surface area contributed by atoms with Gasteiger partial charge in [0.2, 0.25) is 0 Å². The minimum Gasteiger partial charge on any atom is -0.344 e. The summed E-state index contributed by atoms with van der Waals surface area (Å²) in [6.07, 6.45) is 3.87.